The molecule has 2 amide bonds. The number of carbonyl (C=O) groups is 2. The van der Waals surface area contributed by atoms with Crippen molar-refractivity contribution >= 4 is 44.3 Å². The van der Waals surface area contributed by atoms with Crippen molar-refractivity contribution in [1.82, 2.24) is 5.32 Å². The smallest absolute Gasteiger partial charge is 0.289 e. The number of thioether (sulfide) groups is 1. The number of benzene rings is 3. The number of nitrogens with one attached hydrogen (secondary N) is 1. The van der Waals surface area contributed by atoms with Gasteiger partial charge in [-0.25, -0.2) is 4.39 Å². The Balaban J connectivity index is 1.15. The molecule has 4 aromatic rings. The van der Waals surface area contributed by atoms with Crippen molar-refractivity contribution in [2.75, 3.05) is 13.2 Å². The molecule has 1 aromatic heterocycles. The van der Waals surface area contributed by atoms with Gasteiger partial charge in [0.1, 0.15) is 11.5 Å². The van der Waals surface area contributed by atoms with Gasteiger partial charge in [-0.2, -0.15) is 0 Å². The van der Waals surface area contributed by atoms with Gasteiger partial charge in [-0.1, -0.05) is 55.8 Å². The summed E-state index contributed by atoms with van der Waals surface area (Å²) in [6.45, 7) is 3.13. The Morgan fingerprint density at radius 1 is 0.897 bits per heavy atom. The molecule has 1 N–H and O–H groups in total. The van der Waals surface area contributed by atoms with Gasteiger partial charge in [0.2, 0.25) is 0 Å². The molecule has 8 heteroatoms. The first kappa shape index (κ1) is 27.2. The molecule has 202 valence electrons. The maximum atomic E-state index is 14.9. The lowest BCUT2D eigenvalue weighted by molar-refractivity contribution is -0.126. The number of amides is 2. The Kier molecular flexibility index (Phi) is 8.53. The molecule has 39 heavy (non-hydrogen) atoms. The third-order valence-corrected chi connectivity index (χ3v) is 8.78. The molecule has 0 spiro atoms. The second kappa shape index (κ2) is 12.2. The summed E-state index contributed by atoms with van der Waals surface area (Å²) in [4.78, 5) is 23.2. The number of halogens is 1. The van der Waals surface area contributed by atoms with Crippen molar-refractivity contribution < 1.29 is 23.5 Å². The average Bonchev–Trinajstić information content (AvgIpc) is 3.48. The molecule has 0 saturated carbocycles. The summed E-state index contributed by atoms with van der Waals surface area (Å²) in [6, 6.07) is 21.0. The van der Waals surface area contributed by atoms with Crippen LogP contribution in [0.2, 0.25) is 0 Å². The molecule has 3 aromatic carbocycles. The molecule has 1 saturated heterocycles. The summed E-state index contributed by atoms with van der Waals surface area (Å²) in [6.07, 6.45) is 4.73. The van der Waals surface area contributed by atoms with Gasteiger partial charge in [-0.15, -0.1) is 11.3 Å². The predicted octanol–water partition coefficient (Wildman–Crippen LogP) is 7.59. The molecule has 1 aliphatic heterocycles. The lowest BCUT2D eigenvalue weighted by Gasteiger charge is -2.15. The quantitative estimate of drug-likeness (QED) is 0.180. The first-order valence-electron chi connectivity index (χ1n) is 13.1. The number of aryl methyl sites for hydroxylation is 3. The van der Waals surface area contributed by atoms with Gasteiger partial charge in [0.15, 0.2) is 0 Å². The van der Waals surface area contributed by atoms with Crippen LogP contribution in [0, 0.1) is 0 Å². The first-order chi connectivity index (χ1) is 19.0. The first-order valence-corrected chi connectivity index (χ1v) is 14.8. The molecule has 0 radical (unpaired) electrons. The lowest BCUT2D eigenvalue weighted by atomic mass is 10.0. The molecule has 5 nitrogen and oxygen atoms in total. The highest BCUT2D eigenvalue weighted by Gasteiger charge is 2.50. The molecule has 2 heterocycles. The molecule has 0 bridgehead atoms. The zero-order chi connectivity index (χ0) is 27.2. The van der Waals surface area contributed by atoms with Gasteiger partial charge < -0.3 is 9.47 Å². The molecule has 5 rings (SSSR count). The topological polar surface area (TPSA) is 64.6 Å². The Morgan fingerprint density at radius 3 is 2.38 bits per heavy atom. The van der Waals surface area contributed by atoms with Crippen LogP contribution >= 0.6 is 23.1 Å². The summed E-state index contributed by atoms with van der Waals surface area (Å²) in [5.41, 5.74) is 4.13. The summed E-state index contributed by atoms with van der Waals surface area (Å²) in [7, 11) is 0. The third kappa shape index (κ3) is 6.12. The van der Waals surface area contributed by atoms with Crippen LogP contribution < -0.4 is 14.8 Å². The number of alkyl halides is 1. The number of thiophene rings is 1. The molecule has 1 fully saturated rings. The third-order valence-electron chi connectivity index (χ3n) is 6.69. The molecular weight excluding hydrogens is 533 g/mol. The highest BCUT2D eigenvalue weighted by molar-refractivity contribution is 8.15. The number of rotatable bonds is 12. The predicted molar refractivity (Wildman–Crippen MR) is 156 cm³/mol. The monoisotopic (exact) mass is 563 g/mol. The van der Waals surface area contributed by atoms with E-state index in [1.807, 2.05) is 5.32 Å². The van der Waals surface area contributed by atoms with Crippen LogP contribution in [0.1, 0.15) is 42.0 Å². The minimum atomic E-state index is -2.40. The van der Waals surface area contributed by atoms with Crippen LogP contribution in [-0.2, 0) is 29.1 Å². The highest BCUT2D eigenvalue weighted by atomic mass is 32.2. The minimum absolute atomic E-state index is 0.113. The van der Waals surface area contributed by atoms with Crippen LogP contribution in [-0.4, -0.2) is 24.4 Å². The van der Waals surface area contributed by atoms with E-state index >= 15 is 0 Å². The largest absolute Gasteiger partial charge is 0.493 e. The second-order valence-electron chi connectivity index (χ2n) is 9.43. The van der Waals surface area contributed by atoms with E-state index in [9.17, 15) is 14.0 Å². The van der Waals surface area contributed by atoms with Crippen molar-refractivity contribution in [2.24, 2.45) is 0 Å². The Labute approximate surface area is 235 Å². The van der Waals surface area contributed by atoms with Crippen molar-refractivity contribution in [3.05, 3.63) is 94.4 Å². The lowest BCUT2D eigenvalue weighted by Crippen LogP contribution is -2.30. The normalized spacial score (nSPS) is 17.0. The summed E-state index contributed by atoms with van der Waals surface area (Å²) in [5.74, 6) is 0.544. The van der Waals surface area contributed by atoms with Crippen molar-refractivity contribution in [2.45, 2.75) is 44.0 Å². The molecule has 1 atom stereocenters. The summed E-state index contributed by atoms with van der Waals surface area (Å²) in [5, 5.41) is 2.51. The fraction of sp³-hybridized carbons (Fsp3) is 0.290. The zero-order valence-corrected chi connectivity index (χ0v) is 23.3. The average molecular weight is 564 g/mol. The van der Waals surface area contributed by atoms with Crippen LogP contribution in [0.25, 0.3) is 10.1 Å². The van der Waals surface area contributed by atoms with E-state index in [0.717, 1.165) is 31.4 Å². The van der Waals surface area contributed by atoms with E-state index in [2.05, 4.69) is 54.8 Å². The van der Waals surface area contributed by atoms with E-state index < -0.39 is 16.1 Å². The zero-order valence-electron chi connectivity index (χ0n) is 21.7. The van der Waals surface area contributed by atoms with Gasteiger partial charge in [-0.3, -0.25) is 14.9 Å². The second-order valence-corrected chi connectivity index (χ2v) is 11.4. The number of carbonyl (C=O) groups excluding carboxylic acids is 2. The summed E-state index contributed by atoms with van der Waals surface area (Å²) >= 11 is 2.15. The SMILES string of the molecule is CCCc1c(OCCCOc2ccc(C3(F)SC(=O)NC3=O)cc2)ccc2c(CCc3ccccc3)csc12. The van der Waals surface area contributed by atoms with Gasteiger partial charge in [0.25, 0.3) is 16.1 Å². The standard InChI is InChI=1S/C31H30FNO4S2/c1-2-7-26-27(17-16-25-22(20-38-28(25)26)11-10-21-8-4-3-5-9-21)37-19-6-18-36-24-14-12-23(13-15-24)31(32)29(34)33-30(35)39-31/h3-5,8-9,12-17,20H,2,6-7,10-11,18-19H2,1H3,(H,33,34,35). The fourth-order valence-electron chi connectivity index (χ4n) is 4.69. The number of ether oxygens (including phenoxy) is 2. The summed E-state index contributed by atoms with van der Waals surface area (Å²) < 4.78 is 28.2. The number of hydrogen-bond donors (Lipinski definition) is 1. The maximum Gasteiger partial charge on any atom is 0.289 e. The Hall–Kier alpha value is -3.36. The van der Waals surface area contributed by atoms with Gasteiger partial charge in [0.05, 0.1) is 13.2 Å². The Bertz CT molecular complexity index is 1450. The number of imide groups is 1. The van der Waals surface area contributed by atoms with Crippen LogP contribution in [0.5, 0.6) is 11.5 Å². The maximum absolute atomic E-state index is 14.9. The van der Waals surface area contributed by atoms with E-state index in [-0.39, 0.29) is 5.56 Å². The van der Waals surface area contributed by atoms with Crippen LogP contribution in [0.4, 0.5) is 9.18 Å². The van der Waals surface area contributed by atoms with Crippen molar-refractivity contribution in [3.8, 4) is 11.5 Å². The number of fused-ring (bicyclic) bond motifs is 1. The van der Waals surface area contributed by atoms with Crippen molar-refractivity contribution in [3.63, 3.8) is 0 Å². The molecule has 1 unspecified atom stereocenters. The Morgan fingerprint density at radius 2 is 1.67 bits per heavy atom. The fourth-order valence-corrected chi connectivity index (χ4v) is 6.66. The van der Waals surface area contributed by atoms with E-state index in [1.165, 1.54) is 38.9 Å². The molecular formula is C31H30FNO4S2. The van der Waals surface area contributed by atoms with Crippen LogP contribution in [0.3, 0.4) is 0 Å². The van der Waals surface area contributed by atoms with E-state index in [1.54, 1.807) is 23.5 Å². The van der Waals surface area contributed by atoms with Crippen LogP contribution in [0.15, 0.2) is 72.1 Å². The minimum Gasteiger partial charge on any atom is -0.493 e. The highest BCUT2D eigenvalue weighted by Crippen LogP contribution is 2.43. The van der Waals surface area contributed by atoms with E-state index in [0.29, 0.717) is 37.1 Å². The van der Waals surface area contributed by atoms with Gasteiger partial charge in [0, 0.05) is 22.2 Å². The van der Waals surface area contributed by atoms with Crippen molar-refractivity contribution in [1.29, 1.82) is 0 Å². The van der Waals surface area contributed by atoms with Gasteiger partial charge >= 0.3 is 0 Å². The molecule has 1 aliphatic rings. The number of hydrogen-bond acceptors (Lipinski definition) is 6. The molecule has 0 aliphatic carbocycles. The van der Waals surface area contributed by atoms with E-state index in [4.69, 9.17) is 9.47 Å². The van der Waals surface area contributed by atoms with Gasteiger partial charge in [-0.05, 0) is 77.2 Å².